The zero-order chi connectivity index (χ0) is 13.5. The number of aromatic nitrogens is 2. The molecule has 1 heterocycles. The molecule has 0 spiro atoms. The summed E-state index contributed by atoms with van der Waals surface area (Å²) in [4.78, 5) is 0. The number of rotatable bonds is 7. The van der Waals surface area contributed by atoms with Crippen LogP contribution in [0.2, 0.25) is 0 Å². The van der Waals surface area contributed by atoms with Crippen LogP contribution in [0.3, 0.4) is 0 Å². The SMILES string of the molecule is COCc1cccc(CNC(C)Cn2cccn2)c1. The first kappa shape index (κ1) is 13.8. The van der Waals surface area contributed by atoms with Crippen LogP contribution in [0.15, 0.2) is 42.7 Å². The van der Waals surface area contributed by atoms with Crippen molar-refractivity contribution in [1.82, 2.24) is 15.1 Å². The Balaban J connectivity index is 1.82. The summed E-state index contributed by atoms with van der Waals surface area (Å²) in [6, 6.07) is 10.8. The Labute approximate surface area is 114 Å². The number of nitrogens with one attached hydrogen (secondary N) is 1. The fourth-order valence-electron chi connectivity index (χ4n) is 2.04. The smallest absolute Gasteiger partial charge is 0.0713 e. The highest BCUT2D eigenvalue weighted by Gasteiger charge is 2.03. The third-order valence-electron chi connectivity index (χ3n) is 2.98. The quantitative estimate of drug-likeness (QED) is 0.828. The third kappa shape index (κ3) is 4.50. The van der Waals surface area contributed by atoms with Gasteiger partial charge in [0.05, 0.1) is 13.2 Å². The second-order valence-corrected chi connectivity index (χ2v) is 4.76. The normalized spacial score (nSPS) is 12.5. The lowest BCUT2D eigenvalue weighted by Gasteiger charge is -2.14. The number of ether oxygens (including phenoxy) is 1. The Bertz CT molecular complexity index is 482. The summed E-state index contributed by atoms with van der Waals surface area (Å²) in [7, 11) is 1.72. The molecule has 1 unspecified atom stereocenters. The van der Waals surface area contributed by atoms with Crippen molar-refractivity contribution < 1.29 is 4.74 Å². The maximum absolute atomic E-state index is 5.15. The van der Waals surface area contributed by atoms with Crippen molar-refractivity contribution in [2.75, 3.05) is 7.11 Å². The lowest BCUT2D eigenvalue weighted by Crippen LogP contribution is -2.30. The highest BCUT2D eigenvalue weighted by Crippen LogP contribution is 2.06. The molecule has 2 rings (SSSR count). The van der Waals surface area contributed by atoms with Crippen molar-refractivity contribution in [1.29, 1.82) is 0 Å². The third-order valence-corrected chi connectivity index (χ3v) is 2.98. The second kappa shape index (κ2) is 7.07. The second-order valence-electron chi connectivity index (χ2n) is 4.76. The molecule has 0 aliphatic rings. The Morgan fingerprint density at radius 1 is 1.32 bits per heavy atom. The molecule has 0 amide bonds. The maximum atomic E-state index is 5.15. The van der Waals surface area contributed by atoms with Crippen LogP contribution in [-0.2, 0) is 24.4 Å². The number of methoxy groups -OCH3 is 1. The molecule has 1 atom stereocenters. The fraction of sp³-hybridized carbons (Fsp3) is 0.400. The highest BCUT2D eigenvalue weighted by atomic mass is 16.5. The van der Waals surface area contributed by atoms with Crippen LogP contribution in [0.4, 0.5) is 0 Å². The van der Waals surface area contributed by atoms with E-state index in [1.807, 2.05) is 16.9 Å². The minimum Gasteiger partial charge on any atom is -0.380 e. The van der Waals surface area contributed by atoms with Gasteiger partial charge in [-0.15, -0.1) is 0 Å². The first-order valence-electron chi connectivity index (χ1n) is 6.55. The zero-order valence-electron chi connectivity index (χ0n) is 11.5. The summed E-state index contributed by atoms with van der Waals surface area (Å²) in [6.45, 7) is 4.57. The molecular formula is C15H21N3O. The van der Waals surface area contributed by atoms with E-state index >= 15 is 0 Å². The van der Waals surface area contributed by atoms with Crippen LogP contribution >= 0.6 is 0 Å². The van der Waals surface area contributed by atoms with Gasteiger partial charge < -0.3 is 10.1 Å². The van der Waals surface area contributed by atoms with E-state index in [0.717, 1.165) is 13.1 Å². The maximum Gasteiger partial charge on any atom is 0.0713 e. The van der Waals surface area contributed by atoms with E-state index in [-0.39, 0.29) is 0 Å². The summed E-state index contributed by atoms with van der Waals surface area (Å²) < 4.78 is 7.09. The van der Waals surface area contributed by atoms with Crippen LogP contribution in [0.5, 0.6) is 0 Å². The van der Waals surface area contributed by atoms with Crippen molar-refractivity contribution in [3.63, 3.8) is 0 Å². The average molecular weight is 259 g/mol. The topological polar surface area (TPSA) is 39.1 Å². The molecule has 1 aromatic heterocycles. The number of hydrogen-bond donors (Lipinski definition) is 1. The predicted octanol–water partition coefficient (Wildman–Crippen LogP) is 2.21. The van der Waals surface area contributed by atoms with Gasteiger partial charge in [0.15, 0.2) is 0 Å². The van der Waals surface area contributed by atoms with Gasteiger partial charge in [-0.2, -0.15) is 5.10 Å². The van der Waals surface area contributed by atoms with E-state index in [1.165, 1.54) is 11.1 Å². The summed E-state index contributed by atoms with van der Waals surface area (Å²) in [6.07, 6.45) is 3.79. The van der Waals surface area contributed by atoms with Gasteiger partial charge in [0.25, 0.3) is 0 Å². The predicted molar refractivity (Wildman–Crippen MR) is 75.7 cm³/mol. The summed E-state index contributed by atoms with van der Waals surface area (Å²) in [5, 5.41) is 7.71. The molecule has 1 N–H and O–H groups in total. The Morgan fingerprint density at radius 2 is 2.16 bits per heavy atom. The molecule has 4 heteroatoms. The van der Waals surface area contributed by atoms with Crippen LogP contribution in [-0.4, -0.2) is 22.9 Å². The molecule has 19 heavy (non-hydrogen) atoms. The van der Waals surface area contributed by atoms with Gasteiger partial charge in [-0.05, 0) is 24.1 Å². The molecule has 102 valence electrons. The molecular weight excluding hydrogens is 238 g/mol. The van der Waals surface area contributed by atoms with Crippen LogP contribution in [0.25, 0.3) is 0 Å². The molecule has 0 saturated carbocycles. The molecule has 0 bridgehead atoms. The Hall–Kier alpha value is -1.65. The van der Waals surface area contributed by atoms with Crippen molar-refractivity contribution in [3.8, 4) is 0 Å². The standard InChI is InChI=1S/C15H21N3O/c1-13(11-18-8-4-7-17-18)16-10-14-5-3-6-15(9-14)12-19-2/h3-9,13,16H,10-12H2,1-2H3. The van der Waals surface area contributed by atoms with Crippen LogP contribution in [0, 0.1) is 0 Å². The molecule has 0 fully saturated rings. The van der Waals surface area contributed by atoms with Crippen molar-refractivity contribution >= 4 is 0 Å². The number of nitrogens with zero attached hydrogens (tertiary/aromatic N) is 2. The average Bonchev–Trinajstić information content (AvgIpc) is 2.90. The largest absolute Gasteiger partial charge is 0.380 e. The summed E-state index contributed by atoms with van der Waals surface area (Å²) in [5.41, 5.74) is 2.49. The summed E-state index contributed by atoms with van der Waals surface area (Å²) >= 11 is 0. The molecule has 4 nitrogen and oxygen atoms in total. The summed E-state index contributed by atoms with van der Waals surface area (Å²) in [5.74, 6) is 0. The van der Waals surface area contributed by atoms with E-state index < -0.39 is 0 Å². The Morgan fingerprint density at radius 3 is 2.89 bits per heavy atom. The first-order chi connectivity index (χ1) is 9.28. The van der Waals surface area contributed by atoms with Crippen molar-refractivity contribution in [3.05, 3.63) is 53.9 Å². The van der Waals surface area contributed by atoms with E-state index in [2.05, 4.69) is 41.6 Å². The minimum atomic E-state index is 0.381. The first-order valence-corrected chi connectivity index (χ1v) is 6.55. The van der Waals surface area contributed by atoms with Gasteiger partial charge in [-0.25, -0.2) is 0 Å². The van der Waals surface area contributed by atoms with Gasteiger partial charge in [0.1, 0.15) is 0 Å². The van der Waals surface area contributed by atoms with Crippen LogP contribution < -0.4 is 5.32 Å². The Kier molecular flexibility index (Phi) is 5.12. The van der Waals surface area contributed by atoms with Crippen molar-refractivity contribution in [2.45, 2.75) is 32.7 Å². The lowest BCUT2D eigenvalue weighted by atomic mass is 10.1. The number of hydrogen-bond acceptors (Lipinski definition) is 3. The van der Waals surface area contributed by atoms with Gasteiger partial charge >= 0.3 is 0 Å². The number of benzene rings is 1. The zero-order valence-corrected chi connectivity index (χ0v) is 11.5. The van der Waals surface area contributed by atoms with Gasteiger partial charge in [-0.1, -0.05) is 24.3 Å². The highest BCUT2D eigenvalue weighted by molar-refractivity contribution is 5.22. The van der Waals surface area contributed by atoms with E-state index in [1.54, 1.807) is 13.3 Å². The molecule has 0 saturated heterocycles. The van der Waals surface area contributed by atoms with E-state index in [9.17, 15) is 0 Å². The van der Waals surface area contributed by atoms with Gasteiger partial charge in [-0.3, -0.25) is 4.68 Å². The van der Waals surface area contributed by atoms with Gasteiger partial charge in [0.2, 0.25) is 0 Å². The monoisotopic (exact) mass is 259 g/mol. The molecule has 0 radical (unpaired) electrons. The fourth-order valence-corrected chi connectivity index (χ4v) is 2.04. The van der Waals surface area contributed by atoms with Gasteiger partial charge in [0, 0.05) is 32.1 Å². The molecule has 0 aliphatic heterocycles. The van der Waals surface area contributed by atoms with Crippen molar-refractivity contribution in [2.24, 2.45) is 0 Å². The molecule has 0 aliphatic carbocycles. The minimum absolute atomic E-state index is 0.381. The molecule has 1 aromatic carbocycles. The van der Waals surface area contributed by atoms with E-state index in [4.69, 9.17) is 4.74 Å². The molecule has 2 aromatic rings. The lowest BCUT2D eigenvalue weighted by molar-refractivity contribution is 0.185. The van der Waals surface area contributed by atoms with E-state index in [0.29, 0.717) is 12.6 Å². The van der Waals surface area contributed by atoms with Crippen LogP contribution in [0.1, 0.15) is 18.1 Å².